The fourth-order valence-corrected chi connectivity index (χ4v) is 3.49. The molecule has 0 aliphatic rings. The monoisotopic (exact) mass is 386 g/mol. The van der Waals surface area contributed by atoms with Gasteiger partial charge in [-0.15, -0.1) is 0 Å². The van der Waals surface area contributed by atoms with Gasteiger partial charge in [-0.25, -0.2) is 16.8 Å². The van der Waals surface area contributed by atoms with Crippen LogP contribution in [0.1, 0.15) is 11.1 Å². The van der Waals surface area contributed by atoms with Gasteiger partial charge >= 0.3 is 0 Å². The van der Waals surface area contributed by atoms with Gasteiger partial charge in [0.1, 0.15) is 11.5 Å². The summed E-state index contributed by atoms with van der Waals surface area (Å²) in [5, 5.41) is 0. The first-order valence-corrected chi connectivity index (χ1v) is 9.91. The largest absolute Gasteiger partial charge is 0.457 e. The molecule has 0 spiro atoms. The highest BCUT2D eigenvalue weighted by Gasteiger charge is 2.16. The molecule has 0 aliphatic heterocycles. The molecule has 0 saturated carbocycles. The highest BCUT2D eigenvalue weighted by Crippen LogP contribution is 2.30. The van der Waals surface area contributed by atoms with Gasteiger partial charge in [0.2, 0.25) is 0 Å². The van der Waals surface area contributed by atoms with Crippen molar-refractivity contribution in [2.45, 2.75) is 23.6 Å². The summed E-state index contributed by atoms with van der Waals surface area (Å²) in [7, 11) is -7.51. The standard InChI is InChI=1S/C14H18N4O5S2/c1-9-7-11(24(19,20)17-15)3-5-13(9)23-14-6-4-12(8-10(14)2)25(21,22)18-16/h3-8,17-18H,15-16H2,1-2H3. The van der Waals surface area contributed by atoms with Crippen LogP contribution in [0, 0.1) is 13.8 Å². The van der Waals surface area contributed by atoms with Crippen molar-refractivity contribution in [1.82, 2.24) is 9.66 Å². The molecule has 0 saturated heterocycles. The number of ether oxygens (including phenoxy) is 1. The van der Waals surface area contributed by atoms with Crippen LogP contribution in [0.2, 0.25) is 0 Å². The Morgan fingerprint density at radius 2 is 1.12 bits per heavy atom. The highest BCUT2D eigenvalue weighted by molar-refractivity contribution is 7.89. The predicted octanol–water partition coefficient (Wildman–Crippen LogP) is 0.400. The zero-order chi connectivity index (χ0) is 18.8. The van der Waals surface area contributed by atoms with Crippen molar-refractivity contribution < 1.29 is 21.6 Å². The summed E-state index contributed by atoms with van der Waals surface area (Å²) in [6.45, 7) is 3.36. The number of aryl methyl sites for hydroxylation is 2. The molecule has 0 amide bonds. The molecule has 0 heterocycles. The van der Waals surface area contributed by atoms with Gasteiger partial charge in [0.05, 0.1) is 9.79 Å². The Balaban J connectivity index is 2.35. The number of rotatable bonds is 6. The Bertz CT molecular complexity index is 922. The Labute approximate surface area is 146 Å². The van der Waals surface area contributed by atoms with Crippen molar-refractivity contribution in [3.63, 3.8) is 0 Å². The molecule has 0 atom stereocenters. The number of hydrogen-bond acceptors (Lipinski definition) is 7. The number of nitrogens with two attached hydrogens (primary N) is 2. The first-order chi connectivity index (χ1) is 11.6. The van der Waals surface area contributed by atoms with E-state index >= 15 is 0 Å². The summed E-state index contributed by atoms with van der Waals surface area (Å²) in [6, 6.07) is 8.51. The summed E-state index contributed by atoms with van der Waals surface area (Å²) >= 11 is 0. The molecule has 9 nitrogen and oxygen atoms in total. The molecule has 0 fully saturated rings. The molecule has 0 unspecified atom stereocenters. The van der Waals surface area contributed by atoms with Crippen LogP contribution < -0.4 is 26.1 Å². The summed E-state index contributed by atoms with van der Waals surface area (Å²) in [6.07, 6.45) is 0. The van der Waals surface area contributed by atoms with Crippen molar-refractivity contribution in [3.8, 4) is 11.5 Å². The maximum Gasteiger partial charge on any atom is 0.253 e. The Morgan fingerprint density at radius 1 is 0.760 bits per heavy atom. The molecule has 0 bridgehead atoms. The molecule has 2 aromatic carbocycles. The van der Waals surface area contributed by atoms with Crippen LogP contribution in [0.5, 0.6) is 11.5 Å². The molecular weight excluding hydrogens is 368 g/mol. The van der Waals surface area contributed by atoms with Gasteiger partial charge in [-0.1, -0.05) is 0 Å². The second kappa shape index (κ2) is 7.07. The minimum Gasteiger partial charge on any atom is -0.457 e. The van der Waals surface area contributed by atoms with Gasteiger partial charge in [0.15, 0.2) is 0 Å². The third-order valence-electron chi connectivity index (χ3n) is 3.44. The van der Waals surface area contributed by atoms with Gasteiger partial charge in [-0.2, -0.15) is 9.66 Å². The molecule has 25 heavy (non-hydrogen) atoms. The summed E-state index contributed by atoms with van der Waals surface area (Å²) < 4.78 is 52.5. The van der Waals surface area contributed by atoms with Crippen LogP contribution in [-0.4, -0.2) is 16.8 Å². The molecular formula is C14H18N4O5S2. The van der Waals surface area contributed by atoms with E-state index in [1.54, 1.807) is 23.5 Å². The van der Waals surface area contributed by atoms with Crippen molar-refractivity contribution >= 4 is 20.0 Å². The maximum absolute atomic E-state index is 11.7. The van der Waals surface area contributed by atoms with E-state index in [4.69, 9.17) is 16.4 Å². The molecule has 136 valence electrons. The first kappa shape index (κ1) is 19.3. The Morgan fingerprint density at radius 3 is 1.40 bits per heavy atom. The van der Waals surface area contributed by atoms with Gasteiger partial charge in [0, 0.05) is 0 Å². The minimum atomic E-state index is -3.76. The number of sulfonamides is 2. The van der Waals surface area contributed by atoms with Gasteiger partial charge in [-0.3, -0.25) is 11.7 Å². The first-order valence-electron chi connectivity index (χ1n) is 6.94. The lowest BCUT2D eigenvalue weighted by molar-refractivity contribution is 0.474. The molecule has 6 N–H and O–H groups in total. The minimum absolute atomic E-state index is 0.00651. The number of hydrazine groups is 2. The van der Waals surface area contributed by atoms with Crippen LogP contribution in [0.15, 0.2) is 46.2 Å². The second-order valence-electron chi connectivity index (χ2n) is 5.20. The molecule has 0 aliphatic carbocycles. The zero-order valence-corrected chi connectivity index (χ0v) is 15.1. The maximum atomic E-state index is 11.7. The van der Waals surface area contributed by atoms with E-state index in [2.05, 4.69) is 0 Å². The number of hydrogen-bond donors (Lipinski definition) is 4. The lowest BCUT2D eigenvalue weighted by Crippen LogP contribution is -2.30. The molecule has 0 aromatic heterocycles. The Hall–Kier alpha value is -2.02. The lowest BCUT2D eigenvalue weighted by Gasteiger charge is -2.13. The number of benzene rings is 2. The van der Waals surface area contributed by atoms with Gasteiger partial charge in [-0.05, 0) is 61.4 Å². The van der Waals surface area contributed by atoms with E-state index in [9.17, 15) is 16.8 Å². The molecule has 2 rings (SSSR count). The van der Waals surface area contributed by atoms with E-state index in [-0.39, 0.29) is 9.79 Å². The normalized spacial score (nSPS) is 12.2. The quantitative estimate of drug-likeness (QED) is 0.414. The Kier molecular flexibility index (Phi) is 5.46. The molecule has 11 heteroatoms. The molecule has 0 radical (unpaired) electrons. The van der Waals surface area contributed by atoms with E-state index in [1.165, 1.54) is 36.4 Å². The fourth-order valence-electron chi connectivity index (χ4n) is 2.06. The average Bonchev–Trinajstić information content (AvgIpc) is 2.58. The molecule has 2 aromatic rings. The zero-order valence-electron chi connectivity index (χ0n) is 13.5. The fraction of sp³-hybridized carbons (Fsp3) is 0.143. The van der Waals surface area contributed by atoms with E-state index < -0.39 is 20.0 Å². The van der Waals surface area contributed by atoms with Gasteiger partial charge < -0.3 is 4.74 Å². The number of nitrogens with one attached hydrogen (secondary N) is 2. The van der Waals surface area contributed by atoms with Crippen molar-refractivity contribution in [2.24, 2.45) is 11.7 Å². The summed E-state index contributed by atoms with van der Waals surface area (Å²) in [5.74, 6) is 10.8. The van der Waals surface area contributed by atoms with Crippen molar-refractivity contribution in [2.75, 3.05) is 0 Å². The van der Waals surface area contributed by atoms with E-state index in [1.807, 2.05) is 0 Å². The van der Waals surface area contributed by atoms with Crippen molar-refractivity contribution in [3.05, 3.63) is 47.5 Å². The summed E-state index contributed by atoms with van der Waals surface area (Å²) in [5.41, 5.74) is 1.13. The smallest absolute Gasteiger partial charge is 0.253 e. The van der Waals surface area contributed by atoms with Crippen LogP contribution in [0.3, 0.4) is 0 Å². The van der Waals surface area contributed by atoms with Crippen LogP contribution in [0.25, 0.3) is 0 Å². The summed E-state index contributed by atoms with van der Waals surface area (Å²) in [4.78, 5) is 3.51. The van der Waals surface area contributed by atoms with Crippen LogP contribution in [0.4, 0.5) is 0 Å². The van der Waals surface area contributed by atoms with Crippen LogP contribution in [-0.2, 0) is 20.0 Å². The lowest BCUT2D eigenvalue weighted by atomic mass is 10.2. The van der Waals surface area contributed by atoms with Crippen molar-refractivity contribution in [1.29, 1.82) is 0 Å². The average molecular weight is 386 g/mol. The van der Waals surface area contributed by atoms with E-state index in [0.717, 1.165) is 0 Å². The second-order valence-corrected chi connectivity index (χ2v) is 8.63. The SMILES string of the molecule is Cc1cc(S(=O)(=O)NN)ccc1Oc1ccc(S(=O)(=O)NN)cc1C. The topological polar surface area (TPSA) is 154 Å². The van der Waals surface area contributed by atoms with Gasteiger partial charge in [0.25, 0.3) is 20.0 Å². The third kappa shape index (κ3) is 4.15. The van der Waals surface area contributed by atoms with Crippen LogP contribution >= 0.6 is 0 Å². The third-order valence-corrected chi connectivity index (χ3v) is 5.81. The van der Waals surface area contributed by atoms with E-state index in [0.29, 0.717) is 22.6 Å². The predicted molar refractivity (Wildman–Crippen MR) is 91.4 cm³/mol. The highest BCUT2D eigenvalue weighted by atomic mass is 32.2.